The molecule has 0 aliphatic rings. The highest BCUT2D eigenvalue weighted by atomic mass is 15.1. The minimum Gasteiger partial charge on any atom is -0.333 e. The summed E-state index contributed by atoms with van der Waals surface area (Å²) in [6, 6.07) is 9.03. The van der Waals surface area contributed by atoms with E-state index in [1.165, 1.54) is 11.1 Å². The monoisotopic (exact) mass is 285 g/mol. The van der Waals surface area contributed by atoms with Crippen LogP contribution in [0.2, 0.25) is 0 Å². The zero-order valence-electron chi connectivity index (χ0n) is 13.9. The first kappa shape index (κ1) is 15.8. The van der Waals surface area contributed by atoms with Crippen LogP contribution in [-0.2, 0) is 12.0 Å². The van der Waals surface area contributed by atoms with Crippen LogP contribution in [0.4, 0.5) is 0 Å². The van der Waals surface area contributed by atoms with Gasteiger partial charge in [-0.1, -0.05) is 52.0 Å². The average molecular weight is 285 g/mol. The molecule has 0 aliphatic carbocycles. The predicted octanol–water partition coefficient (Wildman–Crippen LogP) is 3.90. The predicted molar refractivity (Wildman–Crippen MR) is 88.6 cm³/mol. The van der Waals surface area contributed by atoms with E-state index in [0.29, 0.717) is 0 Å². The summed E-state index contributed by atoms with van der Waals surface area (Å²) in [5, 5.41) is 3.39. The Hall–Kier alpha value is -1.61. The zero-order chi connectivity index (χ0) is 15.5. The average Bonchev–Trinajstić information content (AvgIpc) is 2.88. The van der Waals surface area contributed by atoms with E-state index in [0.717, 1.165) is 18.8 Å². The van der Waals surface area contributed by atoms with E-state index in [1.807, 2.05) is 13.2 Å². The van der Waals surface area contributed by atoms with Crippen LogP contribution in [0.3, 0.4) is 0 Å². The first-order valence-electron chi connectivity index (χ1n) is 7.76. The van der Waals surface area contributed by atoms with Gasteiger partial charge in [0.15, 0.2) is 0 Å². The summed E-state index contributed by atoms with van der Waals surface area (Å²) in [6.07, 6.45) is 5.06. The molecule has 0 bridgehead atoms. The topological polar surface area (TPSA) is 29.9 Å². The molecule has 0 saturated carbocycles. The maximum atomic E-state index is 4.55. The van der Waals surface area contributed by atoms with Crippen LogP contribution in [0.25, 0.3) is 0 Å². The van der Waals surface area contributed by atoms with E-state index in [9.17, 15) is 0 Å². The van der Waals surface area contributed by atoms with Crippen molar-refractivity contribution < 1.29 is 0 Å². The Kier molecular flexibility index (Phi) is 4.84. The van der Waals surface area contributed by atoms with Crippen molar-refractivity contribution in [2.24, 2.45) is 0 Å². The molecule has 3 heteroatoms. The summed E-state index contributed by atoms with van der Waals surface area (Å²) in [4.78, 5) is 4.55. The molecule has 2 aromatic rings. The highest BCUT2D eigenvalue weighted by molar-refractivity contribution is 5.32. The number of nitrogens with zero attached hydrogens (tertiary/aromatic N) is 2. The van der Waals surface area contributed by atoms with Gasteiger partial charge in [-0.2, -0.15) is 0 Å². The molecule has 114 valence electrons. The van der Waals surface area contributed by atoms with Crippen LogP contribution >= 0.6 is 0 Å². The number of rotatable bonds is 5. The lowest BCUT2D eigenvalue weighted by Crippen LogP contribution is -2.22. The molecule has 0 aliphatic heterocycles. The molecule has 2 rings (SSSR count). The van der Waals surface area contributed by atoms with Gasteiger partial charge in [-0.05, 0) is 30.0 Å². The second-order valence-electron chi connectivity index (χ2n) is 6.57. The maximum absolute atomic E-state index is 4.55. The number of aryl methyl sites for hydroxylation is 1. The van der Waals surface area contributed by atoms with Crippen LogP contribution in [0, 0.1) is 0 Å². The molecule has 1 unspecified atom stereocenters. The Morgan fingerprint density at radius 3 is 2.38 bits per heavy atom. The van der Waals surface area contributed by atoms with Gasteiger partial charge in [-0.15, -0.1) is 0 Å². The van der Waals surface area contributed by atoms with Gasteiger partial charge in [-0.3, -0.25) is 0 Å². The smallest absolute Gasteiger partial charge is 0.130 e. The van der Waals surface area contributed by atoms with E-state index in [-0.39, 0.29) is 11.5 Å². The largest absolute Gasteiger partial charge is 0.333 e. The summed E-state index contributed by atoms with van der Waals surface area (Å²) in [7, 11) is 1.99. The molecule has 0 fully saturated rings. The molecule has 0 amide bonds. The van der Waals surface area contributed by atoms with Gasteiger partial charge in [0, 0.05) is 18.9 Å². The fraction of sp³-hybridized carbons (Fsp3) is 0.500. The van der Waals surface area contributed by atoms with E-state index in [1.54, 1.807) is 0 Å². The minimum absolute atomic E-state index is 0.139. The highest BCUT2D eigenvalue weighted by Crippen LogP contribution is 2.26. The molecular weight excluding hydrogens is 258 g/mol. The Balaban J connectivity index is 2.31. The molecule has 21 heavy (non-hydrogen) atoms. The maximum Gasteiger partial charge on any atom is 0.130 e. The Bertz CT molecular complexity index is 561. The molecule has 0 spiro atoms. The van der Waals surface area contributed by atoms with Gasteiger partial charge >= 0.3 is 0 Å². The minimum atomic E-state index is 0.139. The number of hydrogen-bond donors (Lipinski definition) is 1. The molecule has 1 atom stereocenters. The summed E-state index contributed by atoms with van der Waals surface area (Å²) in [6.45, 7) is 9.92. The number of nitrogens with one attached hydrogen (secondary N) is 1. The Morgan fingerprint density at radius 2 is 1.86 bits per heavy atom. The van der Waals surface area contributed by atoms with E-state index in [4.69, 9.17) is 0 Å². The van der Waals surface area contributed by atoms with Gasteiger partial charge in [0.1, 0.15) is 5.82 Å². The van der Waals surface area contributed by atoms with Crippen LogP contribution < -0.4 is 5.32 Å². The third-order valence-corrected chi connectivity index (χ3v) is 3.87. The van der Waals surface area contributed by atoms with Gasteiger partial charge in [0.25, 0.3) is 0 Å². The SMILES string of the molecule is CCCn1ccnc1C(NC)c1ccc(C(C)(C)C)cc1. The van der Waals surface area contributed by atoms with Crippen molar-refractivity contribution >= 4 is 0 Å². The fourth-order valence-corrected chi connectivity index (χ4v) is 2.63. The van der Waals surface area contributed by atoms with Crippen LogP contribution in [0.5, 0.6) is 0 Å². The van der Waals surface area contributed by atoms with E-state index < -0.39 is 0 Å². The highest BCUT2D eigenvalue weighted by Gasteiger charge is 2.19. The van der Waals surface area contributed by atoms with Crippen molar-refractivity contribution in [3.05, 3.63) is 53.6 Å². The zero-order valence-corrected chi connectivity index (χ0v) is 13.9. The number of aromatic nitrogens is 2. The molecule has 1 heterocycles. The Labute approximate surface area is 128 Å². The summed E-state index contributed by atoms with van der Waals surface area (Å²) in [5.41, 5.74) is 2.81. The third kappa shape index (κ3) is 3.53. The quantitative estimate of drug-likeness (QED) is 0.903. The number of hydrogen-bond acceptors (Lipinski definition) is 2. The summed E-state index contributed by atoms with van der Waals surface area (Å²) in [5.74, 6) is 1.09. The summed E-state index contributed by atoms with van der Waals surface area (Å²) >= 11 is 0. The standard InChI is InChI=1S/C18H27N3/c1-6-12-21-13-11-20-17(21)16(19-5)14-7-9-15(10-8-14)18(2,3)4/h7-11,13,16,19H,6,12H2,1-5H3. The van der Waals surface area contributed by atoms with Crippen LogP contribution in [-0.4, -0.2) is 16.6 Å². The summed E-state index contributed by atoms with van der Waals surface area (Å²) < 4.78 is 2.23. The van der Waals surface area contributed by atoms with Crippen LogP contribution in [0.1, 0.15) is 57.1 Å². The molecule has 0 radical (unpaired) electrons. The first-order valence-corrected chi connectivity index (χ1v) is 7.76. The van der Waals surface area contributed by atoms with E-state index in [2.05, 4.69) is 73.0 Å². The molecule has 1 aromatic carbocycles. The lowest BCUT2D eigenvalue weighted by molar-refractivity contribution is 0.565. The van der Waals surface area contributed by atoms with E-state index >= 15 is 0 Å². The second-order valence-corrected chi connectivity index (χ2v) is 6.57. The van der Waals surface area contributed by atoms with Crippen molar-refractivity contribution in [2.45, 2.75) is 52.1 Å². The van der Waals surface area contributed by atoms with Gasteiger partial charge in [0.05, 0.1) is 6.04 Å². The van der Waals surface area contributed by atoms with Crippen molar-refractivity contribution in [3.63, 3.8) is 0 Å². The van der Waals surface area contributed by atoms with Gasteiger partial charge < -0.3 is 9.88 Å². The Morgan fingerprint density at radius 1 is 1.19 bits per heavy atom. The number of benzene rings is 1. The van der Waals surface area contributed by atoms with Crippen molar-refractivity contribution in [1.29, 1.82) is 0 Å². The third-order valence-electron chi connectivity index (χ3n) is 3.87. The van der Waals surface area contributed by atoms with Crippen LogP contribution in [0.15, 0.2) is 36.7 Å². The van der Waals surface area contributed by atoms with Crippen molar-refractivity contribution in [1.82, 2.24) is 14.9 Å². The number of imidazole rings is 1. The van der Waals surface area contributed by atoms with Crippen molar-refractivity contribution in [2.75, 3.05) is 7.05 Å². The molecular formula is C18H27N3. The molecule has 3 nitrogen and oxygen atoms in total. The fourth-order valence-electron chi connectivity index (χ4n) is 2.63. The molecule has 1 aromatic heterocycles. The van der Waals surface area contributed by atoms with Crippen molar-refractivity contribution in [3.8, 4) is 0 Å². The molecule has 0 saturated heterocycles. The lowest BCUT2D eigenvalue weighted by Gasteiger charge is -2.22. The lowest BCUT2D eigenvalue weighted by atomic mass is 9.86. The van der Waals surface area contributed by atoms with Gasteiger partial charge in [-0.25, -0.2) is 4.98 Å². The second kappa shape index (κ2) is 6.44. The van der Waals surface area contributed by atoms with Gasteiger partial charge in [0.2, 0.25) is 0 Å². The first-order chi connectivity index (χ1) is 9.97. The molecule has 1 N–H and O–H groups in total. The normalized spacial score (nSPS) is 13.4.